The van der Waals surface area contributed by atoms with Crippen LogP contribution in [0.3, 0.4) is 0 Å². The first-order valence-corrected chi connectivity index (χ1v) is 7.21. The van der Waals surface area contributed by atoms with Crippen molar-refractivity contribution in [2.45, 2.75) is 19.9 Å². The van der Waals surface area contributed by atoms with Crippen molar-refractivity contribution in [2.24, 2.45) is 7.05 Å². The molecule has 0 unspecified atom stereocenters. The first kappa shape index (κ1) is 13.9. The molecule has 0 radical (unpaired) electrons. The van der Waals surface area contributed by atoms with Crippen molar-refractivity contribution in [3.05, 3.63) is 20.8 Å². The first-order chi connectivity index (χ1) is 10.1. The van der Waals surface area contributed by atoms with E-state index in [0.717, 1.165) is 25.5 Å². The molecule has 0 aliphatic carbocycles. The SMILES string of the molecule is CCC[n+]1c(N2CCOCC2)[nH]c2c1c(=O)[nH]c(=O)n2C. The van der Waals surface area contributed by atoms with Crippen LogP contribution in [-0.2, 0) is 18.3 Å². The Balaban J connectivity index is 2.26. The number of aromatic amines is 2. The molecule has 8 heteroatoms. The van der Waals surface area contributed by atoms with E-state index in [0.29, 0.717) is 30.9 Å². The molecule has 0 bridgehead atoms. The summed E-state index contributed by atoms with van der Waals surface area (Å²) in [5.41, 5.74) is 0.308. The molecule has 1 aliphatic rings. The van der Waals surface area contributed by atoms with Gasteiger partial charge in [0.25, 0.3) is 5.56 Å². The predicted molar refractivity (Wildman–Crippen MR) is 77.7 cm³/mol. The number of nitrogens with zero attached hydrogens (tertiary/aromatic N) is 3. The lowest BCUT2D eigenvalue weighted by atomic mass is 10.4. The van der Waals surface area contributed by atoms with Gasteiger partial charge in [0.2, 0.25) is 11.2 Å². The highest BCUT2D eigenvalue weighted by atomic mass is 16.5. The third-order valence-electron chi connectivity index (χ3n) is 3.81. The minimum absolute atomic E-state index is 0.350. The fourth-order valence-corrected chi connectivity index (χ4v) is 2.75. The molecule has 0 spiro atoms. The number of aromatic nitrogens is 4. The molecule has 2 aromatic rings. The summed E-state index contributed by atoms with van der Waals surface area (Å²) in [7, 11) is 1.65. The Hall–Kier alpha value is -2.09. The van der Waals surface area contributed by atoms with E-state index in [1.165, 1.54) is 4.57 Å². The second kappa shape index (κ2) is 5.36. The monoisotopic (exact) mass is 294 g/mol. The summed E-state index contributed by atoms with van der Waals surface area (Å²) in [5, 5.41) is 0. The van der Waals surface area contributed by atoms with Gasteiger partial charge < -0.3 is 4.74 Å². The van der Waals surface area contributed by atoms with Gasteiger partial charge in [0.1, 0.15) is 0 Å². The van der Waals surface area contributed by atoms with Crippen molar-refractivity contribution in [1.29, 1.82) is 0 Å². The van der Waals surface area contributed by atoms with Crippen LogP contribution in [0.15, 0.2) is 9.59 Å². The van der Waals surface area contributed by atoms with E-state index in [1.54, 1.807) is 7.05 Å². The van der Waals surface area contributed by atoms with Crippen molar-refractivity contribution in [2.75, 3.05) is 31.2 Å². The molecule has 21 heavy (non-hydrogen) atoms. The number of fused-ring (bicyclic) bond motifs is 1. The molecule has 1 fully saturated rings. The molecule has 0 atom stereocenters. The van der Waals surface area contributed by atoms with Gasteiger partial charge in [0, 0.05) is 7.05 Å². The number of anilines is 1. The van der Waals surface area contributed by atoms with Crippen LogP contribution in [0.1, 0.15) is 13.3 Å². The predicted octanol–water partition coefficient (Wildman–Crippen LogP) is -0.911. The van der Waals surface area contributed by atoms with Gasteiger partial charge in [-0.15, -0.1) is 0 Å². The van der Waals surface area contributed by atoms with E-state index < -0.39 is 5.69 Å². The number of hydrogen-bond donors (Lipinski definition) is 2. The highest BCUT2D eigenvalue weighted by molar-refractivity contribution is 5.67. The highest BCUT2D eigenvalue weighted by Gasteiger charge is 2.28. The molecule has 3 heterocycles. The van der Waals surface area contributed by atoms with Crippen LogP contribution in [0.25, 0.3) is 11.2 Å². The molecule has 1 aliphatic heterocycles. The second-order valence-electron chi connectivity index (χ2n) is 5.22. The number of imidazole rings is 1. The highest BCUT2D eigenvalue weighted by Crippen LogP contribution is 2.13. The molecule has 0 amide bonds. The van der Waals surface area contributed by atoms with Crippen LogP contribution in [0.5, 0.6) is 0 Å². The molecule has 1 saturated heterocycles. The van der Waals surface area contributed by atoms with Gasteiger partial charge in [0.15, 0.2) is 0 Å². The Morgan fingerprint density at radius 3 is 2.62 bits per heavy atom. The summed E-state index contributed by atoms with van der Waals surface area (Å²) < 4.78 is 8.77. The van der Waals surface area contributed by atoms with Gasteiger partial charge in [0.05, 0.1) is 32.8 Å². The Morgan fingerprint density at radius 2 is 1.95 bits per heavy atom. The number of aryl methyl sites for hydroxylation is 2. The van der Waals surface area contributed by atoms with E-state index in [2.05, 4.69) is 21.8 Å². The Labute approximate surface area is 121 Å². The van der Waals surface area contributed by atoms with E-state index in [9.17, 15) is 9.59 Å². The van der Waals surface area contributed by atoms with Crippen molar-refractivity contribution in [1.82, 2.24) is 14.5 Å². The maximum atomic E-state index is 12.2. The van der Waals surface area contributed by atoms with Crippen molar-refractivity contribution >= 4 is 17.1 Å². The zero-order chi connectivity index (χ0) is 15.0. The summed E-state index contributed by atoms with van der Waals surface area (Å²) in [5.74, 6) is 0.863. The molecular formula is C13H20N5O3+. The fourth-order valence-electron chi connectivity index (χ4n) is 2.75. The van der Waals surface area contributed by atoms with Crippen LogP contribution in [0, 0.1) is 0 Å². The van der Waals surface area contributed by atoms with E-state index >= 15 is 0 Å². The largest absolute Gasteiger partial charge is 0.375 e. The summed E-state index contributed by atoms with van der Waals surface area (Å²) in [6.07, 6.45) is 0.900. The molecule has 0 saturated carbocycles. The zero-order valence-corrected chi connectivity index (χ0v) is 12.3. The minimum Gasteiger partial charge on any atom is -0.375 e. The zero-order valence-electron chi connectivity index (χ0n) is 12.3. The maximum absolute atomic E-state index is 12.2. The number of nitrogens with one attached hydrogen (secondary N) is 2. The van der Waals surface area contributed by atoms with Crippen LogP contribution in [-0.4, -0.2) is 40.8 Å². The van der Waals surface area contributed by atoms with Gasteiger partial charge in [-0.25, -0.2) is 14.3 Å². The average Bonchev–Trinajstić information content (AvgIpc) is 2.86. The Morgan fingerprint density at radius 1 is 1.24 bits per heavy atom. The van der Waals surface area contributed by atoms with Crippen molar-refractivity contribution in [3.8, 4) is 0 Å². The topological polar surface area (TPSA) is 87.0 Å². The average molecular weight is 294 g/mol. The quantitative estimate of drug-likeness (QED) is 0.718. The van der Waals surface area contributed by atoms with Crippen LogP contribution < -0.4 is 20.7 Å². The normalized spacial score (nSPS) is 15.8. The molecular weight excluding hydrogens is 274 g/mol. The van der Waals surface area contributed by atoms with E-state index in [-0.39, 0.29) is 5.56 Å². The third-order valence-corrected chi connectivity index (χ3v) is 3.81. The molecule has 0 aromatic carbocycles. The minimum atomic E-state index is -0.411. The molecule has 3 rings (SSSR count). The van der Waals surface area contributed by atoms with Gasteiger partial charge in [-0.05, 0) is 6.42 Å². The lowest BCUT2D eigenvalue weighted by Gasteiger charge is -2.22. The summed E-state index contributed by atoms with van der Waals surface area (Å²) in [4.78, 5) is 31.7. The van der Waals surface area contributed by atoms with Gasteiger partial charge >= 0.3 is 11.6 Å². The first-order valence-electron chi connectivity index (χ1n) is 7.21. The fraction of sp³-hybridized carbons (Fsp3) is 0.615. The van der Waals surface area contributed by atoms with Crippen LogP contribution in [0.4, 0.5) is 5.95 Å². The molecule has 8 nitrogen and oxygen atoms in total. The number of ether oxygens (including phenoxy) is 1. The summed E-state index contributed by atoms with van der Waals surface area (Å²) in [6, 6.07) is 0. The summed E-state index contributed by atoms with van der Waals surface area (Å²) >= 11 is 0. The van der Waals surface area contributed by atoms with Crippen LogP contribution >= 0.6 is 0 Å². The number of hydrogen-bond acceptors (Lipinski definition) is 4. The smallest absolute Gasteiger partial charge is 0.359 e. The Bertz CT molecular complexity index is 766. The molecule has 2 aromatic heterocycles. The number of rotatable bonds is 3. The van der Waals surface area contributed by atoms with E-state index in [4.69, 9.17) is 4.74 Å². The van der Waals surface area contributed by atoms with Crippen molar-refractivity contribution < 1.29 is 9.30 Å². The Kier molecular flexibility index (Phi) is 3.54. The lowest BCUT2D eigenvalue weighted by Crippen LogP contribution is -2.47. The lowest BCUT2D eigenvalue weighted by molar-refractivity contribution is -0.659. The van der Waals surface area contributed by atoms with Crippen molar-refractivity contribution in [3.63, 3.8) is 0 Å². The molecule has 2 N–H and O–H groups in total. The third kappa shape index (κ3) is 2.25. The van der Waals surface area contributed by atoms with E-state index in [1.807, 2.05) is 4.57 Å². The number of H-pyrrole nitrogens is 2. The molecule has 114 valence electrons. The second-order valence-corrected chi connectivity index (χ2v) is 5.22. The number of morpholine rings is 1. The van der Waals surface area contributed by atoms with Gasteiger partial charge in [-0.2, -0.15) is 0 Å². The van der Waals surface area contributed by atoms with Crippen LogP contribution in [0.2, 0.25) is 0 Å². The van der Waals surface area contributed by atoms with Gasteiger partial charge in [-0.1, -0.05) is 6.92 Å². The standard InChI is InChI=1S/C13H19N5O3/c1-3-4-18-9-10(16(2)13(20)15-11(9)19)14-12(18)17-5-7-21-8-6-17/h3-8H2,1-2H3,(H,15,19,20)/p+1. The maximum Gasteiger partial charge on any atom is 0.359 e. The summed E-state index contributed by atoms with van der Waals surface area (Å²) in [6.45, 7) is 5.64. The van der Waals surface area contributed by atoms with Gasteiger partial charge in [-0.3, -0.25) is 19.2 Å².